The molecule has 0 saturated heterocycles. The van der Waals surface area contributed by atoms with Gasteiger partial charge in [0, 0.05) is 24.8 Å². The van der Waals surface area contributed by atoms with Crippen LogP contribution in [-0.2, 0) is 0 Å². The van der Waals surface area contributed by atoms with E-state index in [1.807, 2.05) is 0 Å². The lowest BCUT2D eigenvalue weighted by Gasteiger charge is -2.17. The number of nitrogens with one attached hydrogen (secondary N) is 1. The van der Waals surface area contributed by atoms with Crippen LogP contribution in [0.2, 0.25) is 0 Å². The molecule has 0 aliphatic rings. The molecule has 0 aliphatic heterocycles. The molecule has 1 aromatic heterocycles. The molecule has 0 unspecified atom stereocenters. The first-order chi connectivity index (χ1) is 9.90. The molecular formula is C14H12BrF2N3O. The van der Waals surface area contributed by atoms with Gasteiger partial charge in [-0.3, -0.25) is 9.78 Å². The average Bonchev–Trinajstić information content (AvgIpc) is 2.37. The Morgan fingerprint density at radius 2 is 1.90 bits per heavy atom. The zero-order valence-corrected chi connectivity index (χ0v) is 12.9. The minimum absolute atomic E-state index is 0.226. The van der Waals surface area contributed by atoms with Crippen LogP contribution in [0.4, 0.5) is 20.2 Å². The smallest absolute Gasteiger partial charge is 0.261 e. The number of amides is 1. The fraction of sp³-hybridized carbons (Fsp3) is 0.143. The Labute approximate surface area is 128 Å². The highest BCUT2D eigenvalue weighted by molar-refractivity contribution is 9.10. The molecule has 0 radical (unpaired) electrons. The maximum Gasteiger partial charge on any atom is 0.261 e. The molecule has 1 aromatic carbocycles. The summed E-state index contributed by atoms with van der Waals surface area (Å²) >= 11 is 2.97. The van der Waals surface area contributed by atoms with Crippen molar-refractivity contribution in [1.29, 1.82) is 0 Å². The van der Waals surface area contributed by atoms with Crippen LogP contribution in [0.3, 0.4) is 0 Å². The summed E-state index contributed by atoms with van der Waals surface area (Å²) in [6.45, 7) is 0. The fourth-order valence-electron chi connectivity index (χ4n) is 1.82. The van der Waals surface area contributed by atoms with Crippen molar-refractivity contribution in [3.8, 4) is 0 Å². The second-order valence-corrected chi connectivity index (χ2v) is 5.40. The van der Waals surface area contributed by atoms with Crippen LogP contribution in [0, 0.1) is 11.6 Å². The van der Waals surface area contributed by atoms with Crippen LogP contribution >= 0.6 is 15.9 Å². The summed E-state index contributed by atoms with van der Waals surface area (Å²) in [5, 5.41) is 2.47. The van der Waals surface area contributed by atoms with Gasteiger partial charge in [-0.1, -0.05) is 15.9 Å². The lowest BCUT2D eigenvalue weighted by molar-refractivity contribution is 0.101. The van der Waals surface area contributed by atoms with E-state index in [-0.39, 0.29) is 4.47 Å². The van der Waals surface area contributed by atoms with Gasteiger partial charge in [-0.05, 0) is 18.2 Å². The van der Waals surface area contributed by atoms with Crippen LogP contribution in [0.1, 0.15) is 10.4 Å². The number of hydrogen-bond acceptors (Lipinski definition) is 3. The summed E-state index contributed by atoms with van der Waals surface area (Å²) in [7, 11) is 3.57. The number of anilines is 2. The highest BCUT2D eigenvalue weighted by Crippen LogP contribution is 2.25. The second-order valence-electron chi connectivity index (χ2n) is 4.49. The molecule has 0 aliphatic carbocycles. The van der Waals surface area contributed by atoms with E-state index in [4.69, 9.17) is 0 Å². The first kappa shape index (κ1) is 15.4. The SMILES string of the molecule is CN(C)c1ccncc1NC(=O)c1c(F)cc(Br)cc1F. The number of carbonyl (C=O) groups excluding carboxylic acids is 1. The molecule has 0 fully saturated rings. The zero-order chi connectivity index (χ0) is 15.6. The highest BCUT2D eigenvalue weighted by atomic mass is 79.9. The molecule has 2 aromatic rings. The molecular weight excluding hydrogens is 344 g/mol. The summed E-state index contributed by atoms with van der Waals surface area (Å²) in [5.41, 5.74) is 0.414. The van der Waals surface area contributed by atoms with E-state index in [1.165, 1.54) is 6.20 Å². The quantitative estimate of drug-likeness (QED) is 0.917. The molecule has 7 heteroatoms. The van der Waals surface area contributed by atoms with Gasteiger partial charge in [0.15, 0.2) is 0 Å². The van der Waals surface area contributed by atoms with Crippen molar-refractivity contribution in [3.05, 3.63) is 52.3 Å². The number of rotatable bonds is 3. The van der Waals surface area contributed by atoms with Crippen molar-refractivity contribution in [2.45, 2.75) is 0 Å². The number of halogens is 3. The highest BCUT2D eigenvalue weighted by Gasteiger charge is 2.19. The normalized spacial score (nSPS) is 10.3. The van der Waals surface area contributed by atoms with Crippen LogP contribution in [0.15, 0.2) is 35.1 Å². The van der Waals surface area contributed by atoms with Crippen molar-refractivity contribution in [3.63, 3.8) is 0 Å². The summed E-state index contributed by atoms with van der Waals surface area (Å²) in [6, 6.07) is 3.76. The molecule has 1 heterocycles. The topological polar surface area (TPSA) is 45.2 Å². The molecule has 0 spiro atoms. The summed E-state index contributed by atoms with van der Waals surface area (Å²) < 4.78 is 27.8. The predicted octanol–water partition coefficient (Wildman–Crippen LogP) is 3.44. The van der Waals surface area contributed by atoms with Gasteiger partial charge in [-0.2, -0.15) is 0 Å². The third kappa shape index (κ3) is 3.36. The molecule has 21 heavy (non-hydrogen) atoms. The molecule has 2 rings (SSSR count). The van der Waals surface area contributed by atoms with Crippen molar-refractivity contribution < 1.29 is 13.6 Å². The fourth-order valence-corrected chi connectivity index (χ4v) is 2.22. The van der Waals surface area contributed by atoms with E-state index in [0.29, 0.717) is 11.4 Å². The molecule has 0 bridgehead atoms. The van der Waals surface area contributed by atoms with Crippen LogP contribution < -0.4 is 10.2 Å². The Hall–Kier alpha value is -2.02. The molecule has 0 atom stereocenters. The Bertz CT molecular complexity index is 669. The van der Waals surface area contributed by atoms with Crippen LogP contribution in [0.5, 0.6) is 0 Å². The molecule has 110 valence electrons. The van der Waals surface area contributed by atoms with Crippen molar-refractivity contribution >= 4 is 33.2 Å². The van der Waals surface area contributed by atoms with Crippen LogP contribution in [-0.4, -0.2) is 25.0 Å². The van der Waals surface area contributed by atoms with E-state index in [0.717, 1.165) is 12.1 Å². The predicted molar refractivity (Wildman–Crippen MR) is 80.6 cm³/mol. The number of nitrogens with zero attached hydrogens (tertiary/aromatic N) is 2. The van der Waals surface area contributed by atoms with Gasteiger partial charge in [0.25, 0.3) is 5.91 Å². The Kier molecular flexibility index (Phi) is 4.52. The van der Waals surface area contributed by atoms with E-state index in [2.05, 4.69) is 26.2 Å². The van der Waals surface area contributed by atoms with E-state index in [1.54, 1.807) is 31.3 Å². The van der Waals surface area contributed by atoms with Gasteiger partial charge in [-0.15, -0.1) is 0 Å². The first-order valence-electron chi connectivity index (χ1n) is 5.97. The number of hydrogen-bond donors (Lipinski definition) is 1. The summed E-state index contributed by atoms with van der Waals surface area (Å²) in [6.07, 6.45) is 2.98. The Balaban J connectivity index is 2.36. The maximum absolute atomic E-state index is 13.8. The van der Waals surface area contributed by atoms with Crippen LogP contribution in [0.25, 0.3) is 0 Å². The molecule has 1 N–H and O–H groups in total. The molecule has 0 saturated carbocycles. The standard InChI is InChI=1S/C14H12BrF2N3O/c1-20(2)12-3-4-18-7-11(12)19-14(21)13-9(16)5-8(15)6-10(13)17/h3-7H,1-2H3,(H,19,21). The third-order valence-electron chi connectivity index (χ3n) is 2.76. The summed E-state index contributed by atoms with van der Waals surface area (Å²) in [5.74, 6) is -2.74. The minimum Gasteiger partial charge on any atom is -0.376 e. The molecule has 1 amide bonds. The lowest BCUT2D eigenvalue weighted by Crippen LogP contribution is -2.19. The lowest BCUT2D eigenvalue weighted by atomic mass is 10.1. The van der Waals surface area contributed by atoms with Crippen molar-refractivity contribution in [2.75, 3.05) is 24.3 Å². The average molecular weight is 356 g/mol. The Morgan fingerprint density at radius 1 is 1.29 bits per heavy atom. The zero-order valence-electron chi connectivity index (χ0n) is 11.3. The third-order valence-corrected chi connectivity index (χ3v) is 3.22. The Morgan fingerprint density at radius 3 is 2.48 bits per heavy atom. The van der Waals surface area contributed by atoms with E-state index < -0.39 is 23.1 Å². The van der Waals surface area contributed by atoms with Gasteiger partial charge < -0.3 is 10.2 Å². The second kappa shape index (κ2) is 6.17. The summed E-state index contributed by atoms with van der Waals surface area (Å²) in [4.78, 5) is 17.7. The van der Waals surface area contributed by atoms with Crippen molar-refractivity contribution in [1.82, 2.24) is 4.98 Å². The minimum atomic E-state index is -0.935. The van der Waals surface area contributed by atoms with E-state index >= 15 is 0 Å². The van der Waals surface area contributed by atoms with Gasteiger partial charge in [0.1, 0.15) is 17.2 Å². The van der Waals surface area contributed by atoms with Gasteiger partial charge in [-0.25, -0.2) is 8.78 Å². The molecule has 4 nitrogen and oxygen atoms in total. The van der Waals surface area contributed by atoms with Crippen molar-refractivity contribution in [2.24, 2.45) is 0 Å². The van der Waals surface area contributed by atoms with E-state index in [9.17, 15) is 13.6 Å². The number of benzene rings is 1. The largest absolute Gasteiger partial charge is 0.376 e. The number of carbonyl (C=O) groups is 1. The van der Waals surface area contributed by atoms with Gasteiger partial charge >= 0.3 is 0 Å². The number of aromatic nitrogens is 1. The first-order valence-corrected chi connectivity index (χ1v) is 6.76. The monoisotopic (exact) mass is 355 g/mol. The maximum atomic E-state index is 13.8. The number of pyridine rings is 1. The van der Waals surface area contributed by atoms with Gasteiger partial charge in [0.05, 0.1) is 17.6 Å². The van der Waals surface area contributed by atoms with Gasteiger partial charge in [0.2, 0.25) is 0 Å².